The highest BCUT2D eigenvalue weighted by molar-refractivity contribution is 7.97. The summed E-state index contributed by atoms with van der Waals surface area (Å²) in [5, 5.41) is 0. The first kappa shape index (κ1) is 10.7. The number of guanidine groups is 1. The van der Waals surface area contributed by atoms with E-state index in [2.05, 4.69) is 9.71 Å². The molecule has 0 bridgehead atoms. The number of methoxy groups -OCH3 is 1. The third-order valence-electron chi connectivity index (χ3n) is 1.53. The molecule has 0 saturated heterocycles. The third kappa shape index (κ3) is 3.18. The minimum absolute atomic E-state index is 0.391. The lowest BCUT2D eigenvalue weighted by molar-refractivity contribution is 0.415. The van der Waals surface area contributed by atoms with Gasteiger partial charge in [0.25, 0.3) is 0 Å². The van der Waals surface area contributed by atoms with Crippen LogP contribution in [0.15, 0.2) is 29.3 Å². The number of hydrogen-bond donors (Lipinski definition) is 2. The predicted molar refractivity (Wildman–Crippen MR) is 60.9 cm³/mol. The summed E-state index contributed by atoms with van der Waals surface area (Å²) in [6.07, 6.45) is 1.89. The van der Waals surface area contributed by atoms with Crippen molar-refractivity contribution in [2.75, 3.05) is 13.4 Å². The maximum atomic E-state index is 5.57. The van der Waals surface area contributed by atoms with Crippen LogP contribution in [0.25, 0.3) is 0 Å². The Balaban J connectivity index is 2.72. The zero-order chi connectivity index (χ0) is 10.4. The molecule has 0 amide bonds. The molecular weight excluding hydrogens is 198 g/mol. The average Bonchev–Trinajstić information content (AvgIpc) is 2.19. The molecule has 3 N–H and O–H groups in total. The number of hydrogen-bond acceptors (Lipinski definition) is 3. The molecule has 76 valence electrons. The first-order valence-electron chi connectivity index (χ1n) is 4.03. The van der Waals surface area contributed by atoms with Crippen molar-refractivity contribution in [3.05, 3.63) is 24.3 Å². The normalized spacial score (nSPS) is 11.1. The smallest absolute Gasteiger partial charge is 0.204 e. The lowest BCUT2D eigenvalue weighted by atomic mass is 10.3. The van der Waals surface area contributed by atoms with E-state index >= 15 is 0 Å². The van der Waals surface area contributed by atoms with Crippen LogP contribution in [0.4, 0.5) is 5.69 Å². The summed E-state index contributed by atoms with van der Waals surface area (Å²) in [5.74, 6) is 1.20. The zero-order valence-electron chi connectivity index (χ0n) is 8.15. The van der Waals surface area contributed by atoms with Crippen molar-refractivity contribution in [1.29, 1.82) is 0 Å². The fraction of sp³-hybridized carbons (Fsp3) is 0.222. The van der Waals surface area contributed by atoms with Crippen LogP contribution >= 0.6 is 11.9 Å². The van der Waals surface area contributed by atoms with Crippen molar-refractivity contribution in [2.45, 2.75) is 0 Å². The van der Waals surface area contributed by atoms with Crippen LogP contribution in [-0.2, 0) is 0 Å². The Morgan fingerprint density at radius 3 is 2.57 bits per heavy atom. The Bertz CT molecular complexity index is 310. The highest BCUT2D eigenvalue weighted by Crippen LogP contribution is 2.17. The monoisotopic (exact) mass is 211 g/mol. The second-order valence-corrected chi connectivity index (χ2v) is 3.11. The van der Waals surface area contributed by atoms with Gasteiger partial charge in [0.05, 0.1) is 12.8 Å². The van der Waals surface area contributed by atoms with Crippen molar-refractivity contribution in [3.63, 3.8) is 0 Å². The molecule has 0 heterocycles. The molecule has 0 saturated carbocycles. The van der Waals surface area contributed by atoms with Crippen LogP contribution in [0.3, 0.4) is 0 Å². The molecule has 0 spiro atoms. The molecule has 0 aliphatic heterocycles. The molecule has 0 radical (unpaired) electrons. The van der Waals surface area contributed by atoms with Gasteiger partial charge in [-0.25, -0.2) is 4.99 Å². The van der Waals surface area contributed by atoms with Gasteiger partial charge >= 0.3 is 0 Å². The lowest BCUT2D eigenvalue weighted by Gasteiger charge is -2.01. The van der Waals surface area contributed by atoms with Crippen molar-refractivity contribution >= 4 is 23.6 Å². The van der Waals surface area contributed by atoms with Gasteiger partial charge in [0.1, 0.15) is 5.75 Å². The molecule has 1 aromatic carbocycles. The Labute approximate surface area is 87.7 Å². The lowest BCUT2D eigenvalue weighted by Crippen LogP contribution is -2.24. The molecule has 0 atom stereocenters. The van der Waals surface area contributed by atoms with Gasteiger partial charge in [-0.3, -0.25) is 0 Å². The van der Waals surface area contributed by atoms with E-state index in [1.807, 2.05) is 30.5 Å². The zero-order valence-corrected chi connectivity index (χ0v) is 8.97. The first-order chi connectivity index (χ1) is 6.76. The van der Waals surface area contributed by atoms with E-state index in [1.54, 1.807) is 7.11 Å². The molecule has 0 aliphatic carbocycles. The van der Waals surface area contributed by atoms with Crippen LogP contribution < -0.4 is 15.2 Å². The quantitative estimate of drug-likeness (QED) is 0.452. The standard InChI is InChI=1S/C9H13N3OS/c1-13-8-5-3-7(4-6-8)11-9(10)12-14-2/h3-6H,1-2H3,(H3,10,11,12). The predicted octanol–water partition coefficient (Wildman–Crippen LogP) is 1.51. The van der Waals surface area contributed by atoms with Gasteiger partial charge in [-0.1, -0.05) is 11.9 Å². The van der Waals surface area contributed by atoms with Crippen LogP contribution in [-0.4, -0.2) is 19.3 Å². The molecular formula is C9H13N3OS. The number of ether oxygens (including phenoxy) is 1. The molecule has 4 nitrogen and oxygen atoms in total. The third-order valence-corrected chi connectivity index (χ3v) is 1.94. The molecule has 1 aromatic rings. The SMILES string of the molecule is COc1ccc(N=C(N)NSC)cc1. The Morgan fingerprint density at radius 1 is 1.43 bits per heavy atom. The van der Waals surface area contributed by atoms with Crippen molar-refractivity contribution < 1.29 is 4.74 Å². The van der Waals surface area contributed by atoms with E-state index < -0.39 is 0 Å². The van der Waals surface area contributed by atoms with E-state index in [0.717, 1.165) is 11.4 Å². The first-order valence-corrected chi connectivity index (χ1v) is 5.26. The highest BCUT2D eigenvalue weighted by Gasteiger charge is 1.93. The van der Waals surface area contributed by atoms with Gasteiger partial charge in [0.15, 0.2) is 0 Å². The van der Waals surface area contributed by atoms with Crippen molar-refractivity contribution in [3.8, 4) is 5.75 Å². The fourth-order valence-corrected chi connectivity index (χ4v) is 1.18. The van der Waals surface area contributed by atoms with Crippen LogP contribution in [0, 0.1) is 0 Å². The summed E-state index contributed by atoms with van der Waals surface area (Å²) < 4.78 is 7.86. The van der Waals surface area contributed by atoms with Crippen LogP contribution in [0.5, 0.6) is 5.75 Å². The molecule has 1 rings (SSSR count). The summed E-state index contributed by atoms with van der Waals surface area (Å²) >= 11 is 1.41. The van der Waals surface area contributed by atoms with Crippen LogP contribution in [0.2, 0.25) is 0 Å². The molecule has 0 aliphatic rings. The van der Waals surface area contributed by atoms with Gasteiger partial charge in [-0.05, 0) is 24.3 Å². The van der Waals surface area contributed by atoms with E-state index in [9.17, 15) is 0 Å². The molecule has 0 unspecified atom stereocenters. The van der Waals surface area contributed by atoms with Crippen LogP contribution in [0.1, 0.15) is 0 Å². The van der Waals surface area contributed by atoms with Gasteiger partial charge in [-0.15, -0.1) is 0 Å². The summed E-state index contributed by atoms with van der Waals surface area (Å²) in [4.78, 5) is 4.13. The minimum Gasteiger partial charge on any atom is -0.497 e. The maximum Gasteiger partial charge on any atom is 0.204 e. The Morgan fingerprint density at radius 2 is 2.07 bits per heavy atom. The molecule has 14 heavy (non-hydrogen) atoms. The highest BCUT2D eigenvalue weighted by atomic mass is 32.2. The molecule has 0 fully saturated rings. The number of nitrogens with one attached hydrogen (secondary N) is 1. The summed E-state index contributed by atoms with van der Waals surface area (Å²) in [5.41, 5.74) is 6.37. The number of nitrogens with zero attached hydrogens (tertiary/aromatic N) is 1. The van der Waals surface area contributed by atoms with Gasteiger partial charge in [0, 0.05) is 6.26 Å². The van der Waals surface area contributed by atoms with Crippen molar-refractivity contribution in [2.24, 2.45) is 10.7 Å². The topological polar surface area (TPSA) is 59.6 Å². The Hall–Kier alpha value is -1.36. The number of rotatable bonds is 3. The van der Waals surface area contributed by atoms with Gasteiger partial charge < -0.3 is 15.2 Å². The second kappa shape index (κ2) is 5.39. The average molecular weight is 211 g/mol. The molecule has 5 heteroatoms. The maximum absolute atomic E-state index is 5.57. The van der Waals surface area contributed by atoms with E-state index in [4.69, 9.17) is 10.5 Å². The van der Waals surface area contributed by atoms with E-state index in [1.165, 1.54) is 11.9 Å². The van der Waals surface area contributed by atoms with E-state index in [-0.39, 0.29) is 0 Å². The molecule has 0 aromatic heterocycles. The Kier molecular flexibility index (Phi) is 4.12. The largest absolute Gasteiger partial charge is 0.497 e. The summed E-state index contributed by atoms with van der Waals surface area (Å²) in [6.45, 7) is 0. The van der Waals surface area contributed by atoms with Gasteiger partial charge in [-0.2, -0.15) is 0 Å². The summed E-state index contributed by atoms with van der Waals surface area (Å²) in [6, 6.07) is 7.36. The van der Waals surface area contributed by atoms with Gasteiger partial charge in [0.2, 0.25) is 5.96 Å². The van der Waals surface area contributed by atoms with Crippen molar-refractivity contribution in [1.82, 2.24) is 4.72 Å². The summed E-state index contributed by atoms with van der Waals surface area (Å²) in [7, 11) is 1.63. The minimum atomic E-state index is 0.391. The number of aliphatic imine (C=N–C) groups is 1. The van der Waals surface area contributed by atoms with E-state index in [0.29, 0.717) is 5.96 Å². The second-order valence-electron chi connectivity index (χ2n) is 2.50. The number of benzene rings is 1. The number of nitrogens with two attached hydrogens (primary N) is 1. The fourth-order valence-electron chi connectivity index (χ4n) is 0.923.